The van der Waals surface area contributed by atoms with E-state index in [2.05, 4.69) is 15.9 Å². The number of carbonyl (C=O) groups is 1. The zero-order chi connectivity index (χ0) is 14.5. The first-order valence-corrected chi connectivity index (χ1v) is 7.26. The standard InChI is InChI=1S/C15H21BrO3/c1-4-19-12-6-5-11(13(16)9-12)7-8-15(2,3)10-14(17)18/h5-6,9H,4,7-8,10H2,1-3H3,(H,17,18). The predicted octanol–water partition coefficient (Wildman–Crippen LogP) is 4.28. The number of hydrogen-bond acceptors (Lipinski definition) is 2. The van der Waals surface area contributed by atoms with Crippen molar-refractivity contribution >= 4 is 21.9 Å². The van der Waals surface area contributed by atoms with Crippen LogP contribution >= 0.6 is 15.9 Å². The first kappa shape index (κ1) is 16.0. The minimum atomic E-state index is -0.740. The zero-order valence-corrected chi connectivity index (χ0v) is 13.3. The summed E-state index contributed by atoms with van der Waals surface area (Å²) in [4.78, 5) is 10.8. The average molecular weight is 329 g/mol. The van der Waals surface area contributed by atoms with Gasteiger partial charge in [-0.2, -0.15) is 0 Å². The molecular weight excluding hydrogens is 308 g/mol. The van der Waals surface area contributed by atoms with Crippen LogP contribution in [0, 0.1) is 5.41 Å². The van der Waals surface area contributed by atoms with Gasteiger partial charge in [-0.1, -0.05) is 35.8 Å². The van der Waals surface area contributed by atoms with Gasteiger partial charge >= 0.3 is 5.97 Å². The molecule has 0 heterocycles. The number of halogens is 1. The summed E-state index contributed by atoms with van der Waals surface area (Å²) in [5.74, 6) is 0.110. The van der Waals surface area contributed by atoms with Crippen molar-refractivity contribution in [3.05, 3.63) is 28.2 Å². The zero-order valence-electron chi connectivity index (χ0n) is 11.7. The highest BCUT2D eigenvalue weighted by Gasteiger charge is 2.21. The topological polar surface area (TPSA) is 46.5 Å². The van der Waals surface area contributed by atoms with Gasteiger partial charge in [0.25, 0.3) is 0 Å². The van der Waals surface area contributed by atoms with Gasteiger partial charge in [0.1, 0.15) is 5.75 Å². The van der Waals surface area contributed by atoms with E-state index in [0.29, 0.717) is 6.61 Å². The lowest BCUT2D eigenvalue weighted by Crippen LogP contribution is -2.17. The van der Waals surface area contributed by atoms with Gasteiger partial charge in [0.15, 0.2) is 0 Å². The third-order valence-corrected chi connectivity index (χ3v) is 3.77. The molecule has 4 heteroatoms. The van der Waals surface area contributed by atoms with Crippen LogP contribution in [0.3, 0.4) is 0 Å². The van der Waals surface area contributed by atoms with Gasteiger partial charge < -0.3 is 9.84 Å². The van der Waals surface area contributed by atoms with E-state index in [9.17, 15) is 4.79 Å². The Bertz CT molecular complexity index is 441. The van der Waals surface area contributed by atoms with E-state index >= 15 is 0 Å². The van der Waals surface area contributed by atoms with Crippen LogP contribution in [0.2, 0.25) is 0 Å². The van der Waals surface area contributed by atoms with Gasteiger partial charge in [0.05, 0.1) is 13.0 Å². The Labute approximate surface area is 123 Å². The Morgan fingerprint density at radius 2 is 2.11 bits per heavy atom. The van der Waals surface area contributed by atoms with Crippen LogP contribution in [0.4, 0.5) is 0 Å². The molecule has 0 radical (unpaired) electrons. The Balaban J connectivity index is 2.65. The van der Waals surface area contributed by atoms with Crippen LogP contribution in [-0.2, 0) is 11.2 Å². The van der Waals surface area contributed by atoms with Crippen molar-refractivity contribution in [3.63, 3.8) is 0 Å². The fraction of sp³-hybridized carbons (Fsp3) is 0.533. The summed E-state index contributed by atoms with van der Waals surface area (Å²) < 4.78 is 6.45. The molecule has 106 valence electrons. The van der Waals surface area contributed by atoms with E-state index in [-0.39, 0.29) is 11.8 Å². The normalized spacial score (nSPS) is 11.4. The van der Waals surface area contributed by atoms with E-state index in [0.717, 1.165) is 23.1 Å². The number of ether oxygens (including phenoxy) is 1. The van der Waals surface area contributed by atoms with Gasteiger partial charge in [0.2, 0.25) is 0 Å². The van der Waals surface area contributed by atoms with Crippen molar-refractivity contribution < 1.29 is 14.6 Å². The molecule has 1 aromatic carbocycles. The molecule has 0 unspecified atom stereocenters. The summed E-state index contributed by atoms with van der Waals surface area (Å²) in [6.45, 7) is 6.58. The van der Waals surface area contributed by atoms with Crippen LogP contribution < -0.4 is 4.74 Å². The van der Waals surface area contributed by atoms with E-state index in [1.165, 1.54) is 5.56 Å². The maximum atomic E-state index is 10.8. The molecule has 0 fully saturated rings. The fourth-order valence-electron chi connectivity index (χ4n) is 1.96. The largest absolute Gasteiger partial charge is 0.494 e. The van der Waals surface area contributed by atoms with Crippen molar-refractivity contribution in [2.75, 3.05) is 6.61 Å². The van der Waals surface area contributed by atoms with Crippen molar-refractivity contribution in [1.82, 2.24) is 0 Å². The first-order chi connectivity index (χ1) is 8.84. The molecule has 1 rings (SSSR count). The molecule has 0 aromatic heterocycles. The second kappa shape index (κ2) is 6.94. The summed E-state index contributed by atoms with van der Waals surface area (Å²) in [6.07, 6.45) is 1.89. The number of aliphatic carboxylic acids is 1. The summed E-state index contributed by atoms with van der Waals surface area (Å²) in [7, 11) is 0. The number of carboxylic acids is 1. The molecule has 3 nitrogen and oxygen atoms in total. The van der Waals surface area contributed by atoms with Gasteiger partial charge in [-0.15, -0.1) is 0 Å². The van der Waals surface area contributed by atoms with Crippen molar-refractivity contribution in [2.24, 2.45) is 5.41 Å². The number of benzene rings is 1. The molecule has 0 atom stereocenters. The second-order valence-electron chi connectivity index (χ2n) is 5.42. The first-order valence-electron chi connectivity index (χ1n) is 6.47. The summed E-state index contributed by atoms with van der Waals surface area (Å²) in [5, 5.41) is 8.87. The number of hydrogen-bond donors (Lipinski definition) is 1. The molecule has 0 spiro atoms. The Morgan fingerprint density at radius 3 is 2.63 bits per heavy atom. The van der Waals surface area contributed by atoms with Gasteiger partial charge in [-0.05, 0) is 42.9 Å². The highest BCUT2D eigenvalue weighted by Crippen LogP contribution is 2.30. The summed E-state index contributed by atoms with van der Waals surface area (Å²) in [6, 6.07) is 5.95. The third-order valence-electron chi connectivity index (χ3n) is 3.04. The van der Waals surface area contributed by atoms with Crippen LogP contribution in [0.5, 0.6) is 5.75 Å². The van der Waals surface area contributed by atoms with Crippen LogP contribution in [0.25, 0.3) is 0 Å². The molecule has 19 heavy (non-hydrogen) atoms. The minimum Gasteiger partial charge on any atom is -0.494 e. The van der Waals surface area contributed by atoms with Crippen LogP contribution in [0.15, 0.2) is 22.7 Å². The van der Waals surface area contributed by atoms with Crippen LogP contribution in [-0.4, -0.2) is 17.7 Å². The third kappa shape index (κ3) is 5.64. The molecular formula is C15H21BrO3. The van der Waals surface area contributed by atoms with Crippen molar-refractivity contribution in [3.8, 4) is 5.75 Å². The van der Waals surface area contributed by atoms with E-state index in [1.807, 2.05) is 39.0 Å². The molecule has 0 bridgehead atoms. The molecule has 0 saturated heterocycles. The molecule has 1 aromatic rings. The minimum absolute atomic E-state index is 0.191. The molecule has 0 aliphatic carbocycles. The lowest BCUT2D eigenvalue weighted by molar-refractivity contribution is -0.139. The molecule has 0 saturated carbocycles. The van der Waals surface area contributed by atoms with E-state index < -0.39 is 5.97 Å². The maximum Gasteiger partial charge on any atom is 0.303 e. The monoisotopic (exact) mass is 328 g/mol. The maximum absolute atomic E-state index is 10.8. The van der Waals surface area contributed by atoms with Gasteiger partial charge in [-0.25, -0.2) is 0 Å². The lowest BCUT2D eigenvalue weighted by atomic mass is 9.83. The number of aryl methyl sites for hydroxylation is 1. The molecule has 1 N–H and O–H groups in total. The number of rotatable bonds is 7. The quantitative estimate of drug-likeness (QED) is 0.812. The SMILES string of the molecule is CCOc1ccc(CCC(C)(C)CC(=O)O)c(Br)c1. The van der Waals surface area contributed by atoms with Gasteiger partial charge in [0, 0.05) is 4.47 Å². The molecule has 0 aliphatic rings. The average Bonchev–Trinajstić information content (AvgIpc) is 2.26. The smallest absolute Gasteiger partial charge is 0.303 e. The van der Waals surface area contributed by atoms with E-state index in [1.54, 1.807) is 0 Å². The van der Waals surface area contributed by atoms with Crippen molar-refractivity contribution in [1.29, 1.82) is 0 Å². The lowest BCUT2D eigenvalue weighted by Gasteiger charge is -2.22. The Kier molecular flexibility index (Phi) is 5.85. The molecule has 0 aliphatic heterocycles. The summed E-state index contributed by atoms with van der Waals surface area (Å²) in [5.41, 5.74) is 0.992. The summed E-state index contributed by atoms with van der Waals surface area (Å²) >= 11 is 3.54. The Hall–Kier alpha value is -1.03. The number of carboxylic acid groups (broad SMARTS) is 1. The highest BCUT2D eigenvalue weighted by atomic mass is 79.9. The molecule has 0 amide bonds. The highest BCUT2D eigenvalue weighted by molar-refractivity contribution is 9.10. The van der Waals surface area contributed by atoms with Crippen LogP contribution in [0.1, 0.15) is 39.2 Å². The fourth-order valence-corrected chi connectivity index (χ4v) is 2.51. The van der Waals surface area contributed by atoms with Gasteiger partial charge in [-0.3, -0.25) is 4.79 Å². The Morgan fingerprint density at radius 1 is 1.42 bits per heavy atom. The predicted molar refractivity (Wildman–Crippen MR) is 79.7 cm³/mol. The van der Waals surface area contributed by atoms with E-state index in [4.69, 9.17) is 9.84 Å². The van der Waals surface area contributed by atoms with Crippen molar-refractivity contribution in [2.45, 2.75) is 40.0 Å². The second-order valence-corrected chi connectivity index (χ2v) is 6.28.